The highest BCUT2D eigenvalue weighted by atomic mass is 35.5. The molecule has 0 unspecified atom stereocenters. The molecule has 0 aliphatic carbocycles. The van der Waals surface area contributed by atoms with Crippen LogP contribution in [-0.2, 0) is 30.9 Å². The van der Waals surface area contributed by atoms with Gasteiger partial charge in [0, 0.05) is 18.1 Å². The maximum Gasteiger partial charge on any atom is 0.309 e. The predicted molar refractivity (Wildman–Crippen MR) is 118 cm³/mol. The van der Waals surface area contributed by atoms with Crippen molar-refractivity contribution in [2.45, 2.75) is 24.6 Å². The van der Waals surface area contributed by atoms with Gasteiger partial charge < -0.3 is 20.1 Å². The summed E-state index contributed by atoms with van der Waals surface area (Å²) >= 11 is 6.03. The number of rotatable bonds is 7. The molecular formula is C21H24ClN3O6S. The van der Waals surface area contributed by atoms with Crippen molar-refractivity contribution in [3.05, 3.63) is 58.6 Å². The van der Waals surface area contributed by atoms with E-state index in [1.807, 2.05) is 0 Å². The summed E-state index contributed by atoms with van der Waals surface area (Å²) in [4.78, 5) is 24.3. The zero-order valence-corrected chi connectivity index (χ0v) is 19.2. The van der Waals surface area contributed by atoms with Crippen molar-refractivity contribution in [2.24, 2.45) is 0 Å². The van der Waals surface area contributed by atoms with Gasteiger partial charge in [0.15, 0.2) is 0 Å². The van der Waals surface area contributed by atoms with E-state index in [0.717, 1.165) is 4.31 Å². The molecule has 0 bridgehead atoms. The average Bonchev–Trinajstić information content (AvgIpc) is 3.26. The lowest BCUT2D eigenvalue weighted by Crippen LogP contribution is -2.47. The van der Waals surface area contributed by atoms with Gasteiger partial charge in [0.25, 0.3) is 0 Å². The monoisotopic (exact) mass is 481 g/mol. The molecule has 0 spiro atoms. The van der Waals surface area contributed by atoms with Crippen LogP contribution in [0.25, 0.3) is 0 Å². The summed E-state index contributed by atoms with van der Waals surface area (Å²) in [5.41, 5.74) is 1.34. The highest BCUT2D eigenvalue weighted by molar-refractivity contribution is 7.89. The molecule has 0 saturated carbocycles. The van der Waals surface area contributed by atoms with E-state index in [9.17, 15) is 18.0 Å². The van der Waals surface area contributed by atoms with Crippen molar-refractivity contribution in [3.8, 4) is 5.75 Å². The summed E-state index contributed by atoms with van der Waals surface area (Å²) in [5, 5.41) is 5.38. The maximum atomic E-state index is 13.1. The molecule has 2 amide bonds. The van der Waals surface area contributed by atoms with E-state index in [4.69, 9.17) is 21.1 Å². The summed E-state index contributed by atoms with van der Waals surface area (Å²) in [6, 6.07) is 11.5. The standard InChI is InChI=1S/C21H24ClN3O6S/c1-14-11-16(7-8-18(14)30-2)32(28,29)25-9-10-31-19(25)13-24-21(27)20(26)23-12-15-5-3-4-6-17(15)22/h3-8,11,19H,9-10,12-13H2,1-2H3,(H,23,26)(H,24,27)/t19-/m1/s1. The van der Waals surface area contributed by atoms with E-state index in [0.29, 0.717) is 21.9 Å². The van der Waals surface area contributed by atoms with Crippen LogP contribution in [0.4, 0.5) is 0 Å². The molecule has 3 rings (SSSR count). The Bertz CT molecular complexity index is 1110. The second-order valence-corrected chi connectivity index (χ2v) is 9.35. The van der Waals surface area contributed by atoms with Gasteiger partial charge in [-0.15, -0.1) is 0 Å². The number of hydrogen-bond donors (Lipinski definition) is 2. The number of carbonyl (C=O) groups is 2. The molecule has 1 saturated heterocycles. The van der Waals surface area contributed by atoms with Gasteiger partial charge in [-0.2, -0.15) is 4.31 Å². The quantitative estimate of drug-likeness (QED) is 0.578. The maximum absolute atomic E-state index is 13.1. The molecule has 2 aromatic carbocycles. The van der Waals surface area contributed by atoms with Gasteiger partial charge in [-0.25, -0.2) is 8.42 Å². The molecule has 1 atom stereocenters. The number of nitrogens with zero attached hydrogens (tertiary/aromatic N) is 1. The highest BCUT2D eigenvalue weighted by Gasteiger charge is 2.37. The molecule has 1 heterocycles. The Morgan fingerprint density at radius 1 is 1.19 bits per heavy atom. The number of benzene rings is 2. The second kappa shape index (κ2) is 10.3. The molecule has 1 aliphatic rings. The van der Waals surface area contributed by atoms with Gasteiger partial charge >= 0.3 is 11.8 Å². The molecule has 1 fully saturated rings. The topological polar surface area (TPSA) is 114 Å². The first-order valence-corrected chi connectivity index (χ1v) is 11.6. The van der Waals surface area contributed by atoms with Crippen LogP contribution in [0, 0.1) is 6.92 Å². The minimum atomic E-state index is -3.87. The molecular weight excluding hydrogens is 458 g/mol. The third kappa shape index (κ3) is 5.39. The van der Waals surface area contributed by atoms with Crippen LogP contribution in [0.2, 0.25) is 5.02 Å². The van der Waals surface area contributed by atoms with E-state index in [2.05, 4.69) is 10.6 Å². The summed E-state index contributed by atoms with van der Waals surface area (Å²) in [6.45, 7) is 1.97. The Morgan fingerprint density at radius 2 is 1.91 bits per heavy atom. The third-order valence-corrected chi connectivity index (χ3v) is 7.21. The van der Waals surface area contributed by atoms with Gasteiger partial charge in [-0.05, 0) is 42.3 Å². The summed E-state index contributed by atoms with van der Waals surface area (Å²) in [7, 11) is -2.36. The molecule has 2 aromatic rings. The molecule has 0 aromatic heterocycles. The molecule has 11 heteroatoms. The zero-order valence-electron chi connectivity index (χ0n) is 17.6. The fourth-order valence-electron chi connectivity index (χ4n) is 3.25. The van der Waals surface area contributed by atoms with Crippen molar-refractivity contribution in [1.82, 2.24) is 14.9 Å². The lowest BCUT2D eigenvalue weighted by atomic mass is 10.2. The SMILES string of the molecule is COc1ccc(S(=O)(=O)N2CCO[C@@H]2CNC(=O)C(=O)NCc2ccccc2Cl)cc1C. The van der Waals surface area contributed by atoms with Crippen molar-refractivity contribution < 1.29 is 27.5 Å². The summed E-state index contributed by atoms with van der Waals surface area (Å²) in [6.07, 6.45) is -0.928. The number of amides is 2. The number of hydrogen-bond acceptors (Lipinski definition) is 6. The number of sulfonamides is 1. The summed E-state index contributed by atoms with van der Waals surface area (Å²) in [5.74, 6) is -1.18. The first kappa shape index (κ1) is 24.0. The molecule has 0 radical (unpaired) electrons. The molecule has 9 nitrogen and oxygen atoms in total. The largest absolute Gasteiger partial charge is 0.496 e. The van der Waals surface area contributed by atoms with E-state index in [1.165, 1.54) is 19.2 Å². The van der Waals surface area contributed by atoms with Crippen LogP contribution >= 0.6 is 11.6 Å². The highest BCUT2D eigenvalue weighted by Crippen LogP contribution is 2.26. The molecule has 32 heavy (non-hydrogen) atoms. The fourth-order valence-corrected chi connectivity index (χ4v) is 5.05. The van der Waals surface area contributed by atoms with Crippen molar-refractivity contribution in [2.75, 3.05) is 26.8 Å². The summed E-state index contributed by atoms with van der Waals surface area (Å²) < 4.78 is 38.0. The van der Waals surface area contributed by atoms with Gasteiger partial charge in [0.2, 0.25) is 10.0 Å². The molecule has 172 valence electrons. The normalized spacial score (nSPS) is 16.5. The van der Waals surface area contributed by atoms with Crippen molar-refractivity contribution in [1.29, 1.82) is 0 Å². The van der Waals surface area contributed by atoms with Crippen LogP contribution < -0.4 is 15.4 Å². The van der Waals surface area contributed by atoms with E-state index in [1.54, 1.807) is 37.3 Å². The number of halogens is 1. The van der Waals surface area contributed by atoms with Crippen LogP contribution in [-0.4, -0.2) is 57.6 Å². The minimum Gasteiger partial charge on any atom is -0.496 e. The number of nitrogens with one attached hydrogen (secondary N) is 2. The van der Waals surface area contributed by atoms with Crippen LogP contribution in [0.1, 0.15) is 11.1 Å². The Kier molecular flexibility index (Phi) is 7.73. The van der Waals surface area contributed by atoms with Crippen molar-refractivity contribution >= 4 is 33.4 Å². The first-order valence-electron chi connectivity index (χ1n) is 9.81. The molecule has 1 aliphatic heterocycles. The fraction of sp³-hybridized carbons (Fsp3) is 0.333. The zero-order chi connectivity index (χ0) is 23.3. The Balaban J connectivity index is 1.59. The van der Waals surface area contributed by atoms with E-state index < -0.39 is 28.1 Å². The second-order valence-electron chi connectivity index (χ2n) is 7.06. The number of carbonyl (C=O) groups excluding carboxylic acids is 2. The van der Waals surface area contributed by atoms with Crippen LogP contribution in [0.5, 0.6) is 5.75 Å². The van der Waals surface area contributed by atoms with Crippen molar-refractivity contribution in [3.63, 3.8) is 0 Å². The van der Waals surface area contributed by atoms with Gasteiger partial charge in [-0.3, -0.25) is 9.59 Å². The Morgan fingerprint density at radius 3 is 2.59 bits per heavy atom. The van der Waals surface area contributed by atoms with Gasteiger partial charge in [0.05, 0.1) is 25.2 Å². The third-order valence-electron chi connectivity index (χ3n) is 4.96. The van der Waals surface area contributed by atoms with Crippen LogP contribution in [0.15, 0.2) is 47.4 Å². The molecule has 2 N–H and O–H groups in total. The number of aryl methyl sites for hydroxylation is 1. The van der Waals surface area contributed by atoms with Crippen LogP contribution in [0.3, 0.4) is 0 Å². The van der Waals surface area contributed by atoms with Gasteiger partial charge in [0.1, 0.15) is 12.0 Å². The first-order chi connectivity index (χ1) is 15.2. The minimum absolute atomic E-state index is 0.0865. The predicted octanol–water partition coefficient (Wildman–Crippen LogP) is 1.44. The Hall–Kier alpha value is -2.66. The Labute approximate surface area is 191 Å². The lowest BCUT2D eigenvalue weighted by molar-refractivity contribution is -0.139. The van der Waals surface area contributed by atoms with Gasteiger partial charge in [-0.1, -0.05) is 29.8 Å². The van der Waals surface area contributed by atoms with E-state index >= 15 is 0 Å². The number of methoxy groups -OCH3 is 1. The van der Waals surface area contributed by atoms with E-state index in [-0.39, 0.29) is 31.1 Å². The number of ether oxygens (including phenoxy) is 2. The average molecular weight is 482 g/mol. The smallest absolute Gasteiger partial charge is 0.309 e. The lowest BCUT2D eigenvalue weighted by Gasteiger charge is -2.23.